The fourth-order valence-electron chi connectivity index (χ4n) is 2.58. The van der Waals surface area contributed by atoms with Gasteiger partial charge in [0.2, 0.25) is 0 Å². The van der Waals surface area contributed by atoms with Crippen molar-refractivity contribution in [2.45, 2.75) is 6.54 Å². The highest BCUT2D eigenvalue weighted by Gasteiger charge is 2.17. The summed E-state index contributed by atoms with van der Waals surface area (Å²) in [7, 11) is 3.10. The molecular weight excluding hydrogens is 326 g/mol. The predicted octanol–water partition coefficient (Wildman–Crippen LogP) is 1.78. The zero-order chi connectivity index (χ0) is 17.6. The molecule has 0 spiro atoms. The van der Waals surface area contributed by atoms with Gasteiger partial charge in [0.1, 0.15) is 0 Å². The van der Waals surface area contributed by atoms with Crippen LogP contribution in [0.3, 0.4) is 0 Å². The molecule has 134 valence electrons. The van der Waals surface area contributed by atoms with E-state index in [1.54, 1.807) is 38.5 Å². The number of benzene rings is 1. The minimum Gasteiger partial charge on any atom is -0.493 e. The summed E-state index contributed by atoms with van der Waals surface area (Å²) < 4.78 is 21.0. The molecule has 25 heavy (non-hydrogen) atoms. The number of rotatable bonds is 6. The summed E-state index contributed by atoms with van der Waals surface area (Å²) in [6.45, 7) is 3.71. The van der Waals surface area contributed by atoms with Crippen molar-refractivity contribution in [3.63, 3.8) is 0 Å². The average molecular weight is 347 g/mol. The molecule has 8 nitrogen and oxygen atoms in total. The Morgan fingerprint density at radius 3 is 2.68 bits per heavy atom. The minimum atomic E-state index is -0.343. The van der Waals surface area contributed by atoms with E-state index in [0.29, 0.717) is 42.7 Å². The fourth-order valence-corrected chi connectivity index (χ4v) is 2.58. The van der Waals surface area contributed by atoms with Crippen LogP contribution >= 0.6 is 0 Å². The van der Waals surface area contributed by atoms with Crippen molar-refractivity contribution in [3.8, 4) is 11.5 Å². The van der Waals surface area contributed by atoms with Gasteiger partial charge in [0.05, 0.1) is 34.0 Å². The molecule has 1 aliphatic heterocycles. The second-order valence-electron chi connectivity index (χ2n) is 5.59. The molecule has 8 heteroatoms. The molecule has 2 aromatic rings. The Hall–Kier alpha value is -2.58. The maximum atomic E-state index is 12.3. The maximum Gasteiger partial charge on any atom is 0.277 e. The van der Waals surface area contributed by atoms with Gasteiger partial charge in [0.15, 0.2) is 23.0 Å². The molecule has 0 aliphatic carbocycles. The molecular formula is C17H21N3O5. The molecule has 1 amide bonds. The number of aromatic nitrogens is 1. The first-order valence-electron chi connectivity index (χ1n) is 7.98. The van der Waals surface area contributed by atoms with Gasteiger partial charge in [0, 0.05) is 30.9 Å². The van der Waals surface area contributed by atoms with Gasteiger partial charge in [-0.2, -0.15) is 0 Å². The zero-order valence-corrected chi connectivity index (χ0v) is 14.3. The second-order valence-corrected chi connectivity index (χ2v) is 5.59. The molecule has 0 radical (unpaired) electrons. The van der Waals surface area contributed by atoms with E-state index in [2.05, 4.69) is 15.4 Å². The molecule has 2 heterocycles. The third-order valence-corrected chi connectivity index (χ3v) is 3.92. The van der Waals surface area contributed by atoms with Gasteiger partial charge in [-0.1, -0.05) is 5.16 Å². The van der Waals surface area contributed by atoms with E-state index in [1.165, 1.54) is 0 Å². The number of anilines is 1. The normalized spacial score (nSPS) is 15.0. The van der Waals surface area contributed by atoms with Crippen LogP contribution in [0, 0.1) is 0 Å². The van der Waals surface area contributed by atoms with Crippen LogP contribution in [0.25, 0.3) is 0 Å². The molecule has 1 N–H and O–H groups in total. The van der Waals surface area contributed by atoms with Crippen LogP contribution < -0.4 is 14.8 Å². The van der Waals surface area contributed by atoms with E-state index in [4.69, 9.17) is 18.7 Å². The lowest BCUT2D eigenvalue weighted by Crippen LogP contribution is -2.35. The lowest BCUT2D eigenvalue weighted by molar-refractivity contribution is 0.0305. The number of morpholine rings is 1. The van der Waals surface area contributed by atoms with Crippen molar-refractivity contribution in [1.29, 1.82) is 0 Å². The standard InChI is InChI=1S/C17H21N3O5/c1-22-15-4-3-12(9-16(15)23-2)18-17(21)14-10-13(25-19-14)11-20-5-7-24-8-6-20/h3-4,9-10H,5-8,11H2,1-2H3,(H,18,21). The van der Waals surface area contributed by atoms with Crippen LogP contribution in [-0.4, -0.2) is 56.5 Å². The maximum absolute atomic E-state index is 12.3. The molecule has 1 aromatic heterocycles. The van der Waals surface area contributed by atoms with Gasteiger partial charge in [-0.3, -0.25) is 9.69 Å². The number of carbonyl (C=O) groups excluding carboxylic acids is 1. The van der Waals surface area contributed by atoms with Crippen molar-refractivity contribution in [2.24, 2.45) is 0 Å². The molecule has 1 aliphatic rings. The summed E-state index contributed by atoms with van der Waals surface area (Å²) >= 11 is 0. The summed E-state index contributed by atoms with van der Waals surface area (Å²) in [6.07, 6.45) is 0. The number of amides is 1. The second kappa shape index (κ2) is 8.00. The first-order valence-corrected chi connectivity index (χ1v) is 7.98. The summed E-state index contributed by atoms with van der Waals surface area (Å²) in [5.74, 6) is 1.44. The molecule has 1 fully saturated rings. The predicted molar refractivity (Wildman–Crippen MR) is 90.1 cm³/mol. The van der Waals surface area contributed by atoms with Gasteiger partial charge in [-0.05, 0) is 12.1 Å². The molecule has 3 rings (SSSR count). The number of nitrogens with one attached hydrogen (secondary N) is 1. The zero-order valence-electron chi connectivity index (χ0n) is 14.3. The Balaban J connectivity index is 1.63. The molecule has 0 saturated carbocycles. The molecule has 1 aromatic carbocycles. The van der Waals surface area contributed by atoms with Gasteiger partial charge in [0.25, 0.3) is 5.91 Å². The van der Waals surface area contributed by atoms with Crippen molar-refractivity contribution in [1.82, 2.24) is 10.1 Å². The quantitative estimate of drug-likeness (QED) is 0.852. The minimum absolute atomic E-state index is 0.234. The summed E-state index contributed by atoms with van der Waals surface area (Å²) in [6, 6.07) is 6.80. The molecule has 0 atom stereocenters. The first kappa shape index (κ1) is 17.2. The highest BCUT2D eigenvalue weighted by molar-refractivity contribution is 6.02. The van der Waals surface area contributed by atoms with E-state index < -0.39 is 0 Å². The Morgan fingerprint density at radius 2 is 1.96 bits per heavy atom. The Labute approximate surface area is 145 Å². The largest absolute Gasteiger partial charge is 0.493 e. The van der Waals surface area contributed by atoms with E-state index in [9.17, 15) is 4.79 Å². The number of ether oxygens (including phenoxy) is 3. The van der Waals surface area contributed by atoms with Crippen LogP contribution in [0.15, 0.2) is 28.8 Å². The number of methoxy groups -OCH3 is 2. The first-order chi connectivity index (χ1) is 12.2. The van der Waals surface area contributed by atoms with E-state index in [0.717, 1.165) is 13.1 Å². The van der Waals surface area contributed by atoms with Gasteiger partial charge in [-0.15, -0.1) is 0 Å². The monoisotopic (exact) mass is 347 g/mol. The average Bonchev–Trinajstić information content (AvgIpc) is 3.11. The van der Waals surface area contributed by atoms with Crippen LogP contribution in [0.2, 0.25) is 0 Å². The van der Waals surface area contributed by atoms with Crippen molar-refractivity contribution >= 4 is 11.6 Å². The number of hydrogen-bond donors (Lipinski definition) is 1. The van der Waals surface area contributed by atoms with Crippen LogP contribution in [-0.2, 0) is 11.3 Å². The highest BCUT2D eigenvalue weighted by Crippen LogP contribution is 2.29. The number of nitrogens with zero attached hydrogens (tertiary/aromatic N) is 2. The van der Waals surface area contributed by atoms with Crippen LogP contribution in [0.1, 0.15) is 16.2 Å². The van der Waals surface area contributed by atoms with E-state index in [-0.39, 0.29) is 11.6 Å². The highest BCUT2D eigenvalue weighted by atomic mass is 16.5. The SMILES string of the molecule is COc1ccc(NC(=O)c2cc(CN3CCOCC3)on2)cc1OC. The smallest absolute Gasteiger partial charge is 0.277 e. The number of carbonyl (C=O) groups is 1. The van der Waals surface area contributed by atoms with Crippen molar-refractivity contribution in [3.05, 3.63) is 35.7 Å². The van der Waals surface area contributed by atoms with E-state index >= 15 is 0 Å². The van der Waals surface area contributed by atoms with E-state index in [1.807, 2.05) is 0 Å². The topological polar surface area (TPSA) is 86.1 Å². The van der Waals surface area contributed by atoms with Crippen molar-refractivity contribution < 1.29 is 23.5 Å². The summed E-state index contributed by atoms with van der Waals surface area (Å²) in [5, 5.41) is 6.62. The summed E-state index contributed by atoms with van der Waals surface area (Å²) in [4.78, 5) is 14.5. The third kappa shape index (κ3) is 4.28. The lowest BCUT2D eigenvalue weighted by atomic mass is 10.2. The summed E-state index contributed by atoms with van der Waals surface area (Å²) in [5.41, 5.74) is 0.818. The Bertz CT molecular complexity index is 725. The van der Waals surface area contributed by atoms with Crippen LogP contribution in [0.5, 0.6) is 11.5 Å². The fraction of sp³-hybridized carbons (Fsp3) is 0.412. The molecule has 1 saturated heterocycles. The van der Waals surface area contributed by atoms with Crippen LogP contribution in [0.4, 0.5) is 5.69 Å². The third-order valence-electron chi connectivity index (χ3n) is 3.92. The molecule has 0 bridgehead atoms. The van der Waals surface area contributed by atoms with Gasteiger partial charge in [-0.25, -0.2) is 0 Å². The Morgan fingerprint density at radius 1 is 1.20 bits per heavy atom. The van der Waals surface area contributed by atoms with Gasteiger partial charge < -0.3 is 24.1 Å². The number of hydrogen-bond acceptors (Lipinski definition) is 7. The lowest BCUT2D eigenvalue weighted by Gasteiger charge is -2.25. The van der Waals surface area contributed by atoms with Crippen molar-refractivity contribution in [2.75, 3.05) is 45.8 Å². The molecule has 0 unspecified atom stereocenters. The van der Waals surface area contributed by atoms with Gasteiger partial charge >= 0.3 is 0 Å². The Kier molecular flexibility index (Phi) is 5.52.